The Morgan fingerprint density at radius 2 is 2.13 bits per heavy atom. The van der Waals surface area contributed by atoms with Crippen LogP contribution in [0.1, 0.15) is 5.56 Å². The molecule has 0 radical (unpaired) electrons. The molecule has 15 heavy (non-hydrogen) atoms. The van der Waals surface area contributed by atoms with Gasteiger partial charge in [-0.3, -0.25) is 4.90 Å². The average Bonchev–Trinajstić information content (AvgIpc) is 2.54. The molecular formula is C12H9N3. The van der Waals surface area contributed by atoms with Gasteiger partial charge in [-0.2, -0.15) is 0 Å². The maximum Gasteiger partial charge on any atom is 0.145 e. The van der Waals surface area contributed by atoms with Crippen molar-refractivity contribution in [1.29, 1.82) is 0 Å². The smallest absolute Gasteiger partial charge is 0.145 e. The second kappa shape index (κ2) is 3.20. The third kappa shape index (κ3) is 1.29. The van der Waals surface area contributed by atoms with Crippen molar-refractivity contribution < 1.29 is 0 Å². The van der Waals surface area contributed by atoms with Crippen molar-refractivity contribution in [3.63, 3.8) is 0 Å². The van der Waals surface area contributed by atoms with Crippen molar-refractivity contribution >= 4 is 17.7 Å². The third-order valence-corrected chi connectivity index (χ3v) is 2.34. The fourth-order valence-corrected chi connectivity index (χ4v) is 1.65. The van der Waals surface area contributed by atoms with Gasteiger partial charge in [-0.15, -0.1) is 0 Å². The number of allylic oxidation sites excluding steroid dienone is 2. The van der Waals surface area contributed by atoms with Gasteiger partial charge < -0.3 is 0 Å². The molecule has 72 valence electrons. The Kier molecular flexibility index (Phi) is 1.75. The molecule has 0 aliphatic carbocycles. The van der Waals surface area contributed by atoms with E-state index in [0.717, 1.165) is 17.2 Å². The molecule has 0 spiro atoms. The SMILES string of the molecule is C1=CN=C2C=Cc3cccnc3N2C=C1. The fraction of sp³-hybridized carbons (Fsp3) is 0. The van der Waals surface area contributed by atoms with E-state index in [2.05, 4.69) is 9.98 Å². The van der Waals surface area contributed by atoms with Crippen LogP contribution in [0.2, 0.25) is 0 Å². The van der Waals surface area contributed by atoms with Crippen molar-refractivity contribution in [1.82, 2.24) is 4.98 Å². The lowest BCUT2D eigenvalue weighted by Crippen LogP contribution is -2.26. The molecule has 2 aliphatic rings. The highest BCUT2D eigenvalue weighted by Gasteiger charge is 2.17. The third-order valence-electron chi connectivity index (χ3n) is 2.34. The lowest BCUT2D eigenvalue weighted by atomic mass is 10.1. The zero-order valence-electron chi connectivity index (χ0n) is 8.04. The molecule has 1 aromatic heterocycles. The van der Waals surface area contributed by atoms with Gasteiger partial charge in [0.05, 0.1) is 0 Å². The number of nitrogens with zero attached hydrogens (tertiary/aromatic N) is 3. The van der Waals surface area contributed by atoms with Crippen LogP contribution in [0.5, 0.6) is 0 Å². The molecule has 2 aliphatic heterocycles. The van der Waals surface area contributed by atoms with Crippen molar-refractivity contribution in [2.45, 2.75) is 0 Å². The molecule has 0 unspecified atom stereocenters. The summed E-state index contributed by atoms with van der Waals surface area (Å²) in [5, 5.41) is 0. The number of aliphatic imine (C=N–C) groups is 1. The Balaban J connectivity index is 2.20. The van der Waals surface area contributed by atoms with E-state index in [1.807, 2.05) is 47.5 Å². The van der Waals surface area contributed by atoms with Crippen LogP contribution in [0.3, 0.4) is 0 Å². The van der Waals surface area contributed by atoms with Crippen LogP contribution >= 0.6 is 0 Å². The van der Waals surface area contributed by atoms with Crippen LogP contribution in [-0.2, 0) is 0 Å². The summed E-state index contributed by atoms with van der Waals surface area (Å²) in [7, 11) is 0. The Hall–Kier alpha value is -2.16. The molecule has 1 aromatic rings. The Morgan fingerprint density at radius 1 is 1.13 bits per heavy atom. The Labute approximate surface area is 87.8 Å². The molecule has 3 nitrogen and oxygen atoms in total. The van der Waals surface area contributed by atoms with Crippen molar-refractivity contribution in [3.05, 3.63) is 54.5 Å². The standard InChI is InChI=1S/C12H9N3/c1-2-9-15-11(13-7-1)6-5-10-4-3-8-14-12(10)15/h1-9H. The van der Waals surface area contributed by atoms with Gasteiger partial charge in [0.15, 0.2) is 0 Å². The van der Waals surface area contributed by atoms with Gasteiger partial charge in [-0.25, -0.2) is 9.98 Å². The van der Waals surface area contributed by atoms with Crippen LogP contribution in [0, 0.1) is 0 Å². The first kappa shape index (κ1) is 8.17. The summed E-state index contributed by atoms with van der Waals surface area (Å²) in [5.74, 6) is 1.82. The van der Waals surface area contributed by atoms with E-state index in [-0.39, 0.29) is 0 Å². The summed E-state index contributed by atoms with van der Waals surface area (Å²) in [6.45, 7) is 0. The molecular weight excluding hydrogens is 186 g/mol. The first-order valence-corrected chi connectivity index (χ1v) is 4.79. The summed E-state index contributed by atoms with van der Waals surface area (Å²) >= 11 is 0. The van der Waals surface area contributed by atoms with E-state index in [1.54, 1.807) is 12.4 Å². The van der Waals surface area contributed by atoms with Gasteiger partial charge in [0.25, 0.3) is 0 Å². The highest BCUT2D eigenvalue weighted by Crippen LogP contribution is 2.24. The van der Waals surface area contributed by atoms with Crippen molar-refractivity contribution in [2.24, 2.45) is 4.99 Å². The fourth-order valence-electron chi connectivity index (χ4n) is 1.65. The normalized spacial score (nSPS) is 16.8. The highest BCUT2D eigenvalue weighted by molar-refractivity contribution is 6.12. The number of amidine groups is 1. The molecule has 0 N–H and O–H groups in total. The molecule has 0 amide bonds. The number of hydrogen-bond acceptors (Lipinski definition) is 3. The number of hydrogen-bond donors (Lipinski definition) is 0. The highest BCUT2D eigenvalue weighted by atomic mass is 15.2. The maximum atomic E-state index is 4.36. The summed E-state index contributed by atoms with van der Waals surface area (Å²) in [6, 6.07) is 3.98. The molecule has 0 aromatic carbocycles. The van der Waals surface area contributed by atoms with E-state index in [4.69, 9.17) is 0 Å². The van der Waals surface area contributed by atoms with E-state index >= 15 is 0 Å². The minimum absolute atomic E-state index is 0.895. The second-order valence-corrected chi connectivity index (χ2v) is 3.29. The van der Waals surface area contributed by atoms with Crippen molar-refractivity contribution in [3.8, 4) is 0 Å². The van der Waals surface area contributed by atoms with E-state index in [9.17, 15) is 0 Å². The zero-order valence-corrected chi connectivity index (χ0v) is 8.04. The van der Waals surface area contributed by atoms with Crippen LogP contribution in [0.25, 0.3) is 6.08 Å². The number of aromatic nitrogens is 1. The topological polar surface area (TPSA) is 28.5 Å². The maximum absolute atomic E-state index is 4.36. The van der Waals surface area contributed by atoms with Crippen molar-refractivity contribution in [2.75, 3.05) is 4.90 Å². The molecule has 3 heterocycles. The molecule has 0 bridgehead atoms. The molecule has 3 rings (SSSR count). The van der Waals surface area contributed by atoms with Gasteiger partial charge >= 0.3 is 0 Å². The molecule has 0 fully saturated rings. The lowest BCUT2D eigenvalue weighted by Gasteiger charge is -2.23. The molecule has 0 atom stereocenters. The van der Waals surface area contributed by atoms with E-state index in [0.29, 0.717) is 0 Å². The van der Waals surface area contributed by atoms with Gasteiger partial charge in [-0.1, -0.05) is 0 Å². The van der Waals surface area contributed by atoms with Gasteiger partial charge in [0.1, 0.15) is 11.7 Å². The zero-order chi connectivity index (χ0) is 10.1. The van der Waals surface area contributed by atoms with Gasteiger partial charge in [0.2, 0.25) is 0 Å². The summed E-state index contributed by atoms with van der Waals surface area (Å²) < 4.78 is 0. The lowest BCUT2D eigenvalue weighted by molar-refractivity contribution is 1.19. The first-order valence-electron chi connectivity index (χ1n) is 4.79. The minimum Gasteiger partial charge on any atom is -0.285 e. The van der Waals surface area contributed by atoms with Crippen LogP contribution in [0.4, 0.5) is 5.82 Å². The van der Waals surface area contributed by atoms with E-state index < -0.39 is 0 Å². The number of rotatable bonds is 0. The van der Waals surface area contributed by atoms with Crippen LogP contribution in [-0.4, -0.2) is 10.8 Å². The number of pyridine rings is 1. The first-order chi connectivity index (χ1) is 7.45. The van der Waals surface area contributed by atoms with Gasteiger partial charge in [0, 0.05) is 24.2 Å². The summed E-state index contributed by atoms with van der Waals surface area (Å²) in [4.78, 5) is 10.7. The predicted octanol–water partition coefficient (Wildman–Crippen LogP) is 2.35. The summed E-state index contributed by atoms with van der Waals surface area (Å²) in [6.07, 6.45) is 13.4. The summed E-state index contributed by atoms with van der Waals surface area (Å²) in [5.41, 5.74) is 1.11. The largest absolute Gasteiger partial charge is 0.285 e. The second-order valence-electron chi connectivity index (χ2n) is 3.29. The molecule has 0 saturated heterocycles. The quantitative estimate of drug-likeness (QED) is 0.635. The van der Waals surface area contributed by atoms with Gasteiger partial charge in [-0.05, 0) is 36.4 Å². The molecule has 0 saturated carbocycles. The Bertz CT molecular complexity index is 509. The molecule has 3 heteroatoms. The minimum atomic E-state index is 0.895. The Morgan fingerprint density at radius 3 is 3.13 bits per heavy atom. The number of fused-ring (bicyclic) bond motifs is 3. The van der Waals surface area contributed by atoms with Crippen LogP contribution in [0.15, 0.2) is 53.9 Å². The van der Waals surface area contributed by atoms with E-state index in [1.165, 1.54) is 0 Å². The average molecular weight is 195 g/mol. The van der Waals surface area contributed by atoms with Crippen LogP contribution < -0.4 is 4.90 Å². The number of anilines is 1. The predicted molar refractivity (Wildman–Crippen MR) is 61.5 cm³/mol. The monoisotopic (exact) mass is 195 g/mol.